The highest BCUT2D eigenvalue weighted by Gasteiger charge is 2.25. The van der Waals surface area contributed by atoms with E-state index in [-0.39, 0.29) is 0 Å². The average Bonchev–Trinajstić information content (AvgIpc) is 3.31. The van der Waals surface area contributed by atoms with Crippen molar-refractivity contribution in [1.29, 1.82) is 0 Å². The average molecular weight is 407 g/mol. The molecule has 6 rings (SSSR count). The number of nitrogens with zero attached hydrogens (tertiary/aromatic N) is 4. The van der Waals surface area contributed by atoms with E-state index in [0.29, 0.717) is 0 Å². The molecule has 4 heterocycles. The van der Waals surface area contributed by atoms with Gasteiger partial charge in [0.15, 0.2) is 0 Å². The summed E-state index contributed by atoms with van der Waals surface area (Å²) < 4.78 is 4.66. The summed E-state index contributed by atoms with van der Waals surface area (Å²) >= 11 is 0. The molecule has 0 radical (unpaired) electrons. The predicted octanol–water partition coefficient (Wildman–Crippen LogP) is 5.48. The van der Waals surface area contributed by atoms with Crippen molar-refractivity contribution in [3.63, 3.8) is 0 Å². The van der Waals surface area contributed by atoms with E-state index in [4.69, 9.17) is 4.98 Å². The second-order valence-corrected chi connectivity index (χ2v) is 8.79. The van der Waals surface area contributed by atoms with Gasteiger partial charge in [0, 0.05) is 60.8 Å². The normalized spacial score (nSPS) is 14.4. The summed E-state index contributed by atoms with van der Waals surface area (Å²) in [6.07, 6.45) is 3.16. The first kappa shape index (κ1) is 18.4. The molecule has 0 atom stereocenters. The molecule has 5 aromatic rings. The summed E-state index contributed by atoms with van der Waals surface area (Å²) in [6.45, 7) is 4.10. The molecule has 0 fully saturated rings. The number of aryl methyl sites for hydroxylation is 2. The Kier molecular flexibility index (Phi) is 4.05. The van der Waals surface area contributed by atoms with Crippen molar-refractivity contribution in [2.24, 2.45) is 7.05 Å². The predicted molar refractivity (Wildman–Crippen MR) is 128 cm³/mol. The van der Waals surface area contributed by atoms with Gasteiger partial charge in [-0.15, -0.1) is 0 Å². The van der Waals surface area contributed by atoms with Gasteiger partial charge in [-0.3, -0.25) is 4.98 Å². The van der Waals surface area contributed by atoms with E-state index >= 15 is 0 Å². The Morgan fingerprint density at radius 3 is 2.68 bits per heavy atom. The van der Waals surface area contributed by atoms with Crippen LogP contribution in [0, 0.1) is 6.92 Å². The molecule has 0 N–H and O–H groups in total. The number of para-hydroxylation sites is 1. The minimum Gasteiger partial charge on any atom is -0.351 e. The van der Waals surface area contributed by atoms with E-state index in [1.807, 2.05) is 0 Å². The summed E-state index contributed by atoms with van der Waals surface area (Å²) in [5.41, 5.74) is 11.2. The molecule has 154 valence electrons. The van der Waals surface area contributed by atoms with Gasteiger partial charge in [0.05, 0.1) is 16.7 Å². The summed E-state index contributed by atoms with van der Waals surface area (Å²) in [4.78, 5) is 7.36. The van der Waals surface area contributed by atoms with Gasteiger partial charge in [0.2, 0.25) is 0 Å². The lowest BCUT2D eigenvalue weighted by molar-refractivity contribution is 0.311. The highest BCUT2D eigenvalue weighted by atomic mass is 15.1. The monoisotopic (exact) mass is 406 g/mol. The third-order valence-corrected chi connectivity index (χ3v) is 6.66. The van der Waals surface area contributed by atoms with E-state index in [9.17, 15) is 0 Å². The number of fused-ring (bicyclic) bond motifs is 4. The minimum atomic E-state index is 0.951. The number of hydrogen-bond donors (Lipinski definition) is 0. The van der Waals surface area contributed by atoms with Crippen LogP contribution in [0.25, 0.3) is 38.8 Å². The molecule has 0 amide bonds. The van der Waals surface area contributed by atoms with Crippen LogP contribution in [-0.2, 0) is 20.0 Å². The molecule has 0 saturated carbocycles. The van der Waals surface area contributed by atoms with Crippen LogP contribution in [0.5, 0.6) is 0 Å². The van der Waals surface area contributed by atoms with Crippen LogP contribution in [0.2, 0.25) is 0 Å². The molecule has 4 heteroatoms. The van der Waals surface area contributed by atoms with Crippen molar-refractivity contribution in [2.75, 3.05) is 13.6 Å². The van der Waals surface area contributed by atoms with Crippen molar-refractivity contribution in [1.82, 2.24) is 19.0 Å². The first-order valence-corrected chi connectivity index (χ1v) is 10.9. The fourth-order valence-electron chi connectivity index (χ4n) is 5.06. The second kappa shape index (κ2) is 6.82. The van der Waals surface area contributed by atoms with Crippen molar-refractivity contribution >= 4 is 21.9 Å². The van der Waals surface area contributed by atoms with E-state index in [0.717, 1.165) is 30.7 Å². The molecule has 1 aliphatic rings. The molecule has 0 bridgehead atoms. The van der Waals surface area contributed by atoms with E-state index < -0.39 is 0 Å². The maximum absolute atomic E-state index is 4.97. The largest absolute Gasteiger partial charge is 0.351 e. The number of benzene rings is 2. The van der Waals surface area contributed by atoms with E-state index in [1.165, 1.54) is 44.5 Å². The van der Waals surface area contributed by atoms with Gasteiger partial charge in [-0.1, -0.05) is 30.3 Å². The van der Waals surface area contributed by atoms with Crippen LogP contribution in [0.1, 0.15) is 17.0 Å². The van der Waals surface area contributed by atoms with Crippen molar-refractivity contribution in [2.45, 2.75) is 19.9 Å². The molecular formula is C27H26N4. The summed E-state index contributed by atoms with van der Waals surface area (Å²) in [7, 11) is 4.31. The maximum atomic E-state index is 4.97. The van der Waals surface area contributed by atoms with Gasteiger partial charge in [-0.25, -0.2) is 0 Å². The standard InChI is InChI=1S/C27H26N4/c1-18-8-11-25-27(28-18)22-17-29(2)14-13-24(22)31(25)23-7-5-4-6-21(23)20-10-9-19-12-15-30(3)26(19)16-20/h4-12,15-16H,13-14,17H2,1-3H3. The van der Waals surface area contributed by atoms with Crippen LogP contribution in [0.15, 0.2) is 66.9 Å². The lowest BCUT2D eigenvalue weighted by Crippen LogP contribution is -2.27. The quantitative estimate of drug-likeness (QED) is 0.388. The Labute approximate surface area is 182 Å². The fourth-order valence-corrected chi connectivity index (χ4v) is 5.06. The molecule has 31 heavy (non-hydrogen) atoms. The van der Waals surface area contributed by atoms with Crippen LogP contribution in [0.4, 0.5) is 0 Å². The van der Waals surface area contributed by atoms with Crippen LogP contribution in [-0.4, -0.2) is 32.6 Å². The fraction of sp³-hybridized carbons (Fsp3) is 0.222. The maximum Gasteiger partial charge on any atom is 0.0935 e. The van der Waals surface area contributed by atoms with Crippen LogP contribution in [0.3, 0.4) is 0 Å². The molecule has 4 nitrogen and oxygen atoms in total. The third-order valence-electron chi connectivity index (χ3n) is 6.66. The number of likely N-dealkylation sites (N-methyl/N-ethyl adjacent to an activating group) is 1. The zero-order chi connectivity index (χ0) is 21.1. The molecule has 0 spiro atoms. The lowest BCUT2D eigenvalue weighted by atomic mass is 10.0. The second-order valence-electron chi connectivity index (χ2n) is 8.79. The number of hydrogen-bond acceptors (Lipinski definition) is 2. The first-order valence-electron chi connectivity index (χ1n) is 10.9. The third kappa shape index (κ3) is 2.82. The zero-order valence-corrected chi connectivity index (χ0v) is 18.3. The van der Waals surface area contributed by atoms with Gasteiger partial charge in [0.1, 0.15) is 0 Å². The summed E-state index contributed by atoms with van der Waals surface area (Å²) in [6, 6.07) is 22.1. The van der Waals surface area contributed by atoms with Gasteiger partial charge in [-0.2, -0.15) is 0 Å². The van der Waals surface area contributed by atoms with Gasteiger partial charge in [0.25, 0.3) is 0 Å². The smallest absolute Gasteiger partial charge is 0.0935 e. The van der Waals surface area contributed by atoms with Gasteiger partial charge < -0.3 is 14.0 Å². The zero-order valence-electron chi connectivity index (χ0n) is 18.3. The highest BCUT2D eigenvalue weighted by molar-refractivity contribution is 5.90. The van der Waals surface area contributed by atoms with Gasteiger partial charge >= 0.3 is 0 Å². The Hall–Kier alpha value is -3.37. The summed E-state index contributed by atoms with van der Waals surface area (Å²) in [5, 5.41) is 1.27. The van der Waals surface area contributed by atoms with Crippen molar-refractivity contribution in [3.8, 4) is 16.8 Å². The van der Waals surface area contributed by atoms with Crippen molar-refractivity contribution < 1.29 is 0 Å². The van der Waals surface area contributed by atoms with Crippen LogP contribution >= 0.6 is 0 Å². The molecule has 3 aromatic heterocycles. The minimum absolute atomic E-state index is 0.951. The number of pyridine rings is 1. The Morgan fingerprint density at radius 1 is 0.903 bits per heavy atom. The highest BCUT2D eigenvalue weighted by Crippen LogP contribution is 2.37. The number of rotatable bonds is 2. The van der Waals surface area contributed by atoms with Crippen molar-refractivity contribution in [3.05, 3.63) is 83.8 Å². The van der Waals surface area contributed by atoms with Gasteiger partial charge in [-0.05, 0) is 55.3 Å². The Balaban J connectivity index is 1.64. The molecular weight excluding hydrogens is 380 g/mol. The molecule has 0 unspecified atom stereocenters. The lowest BCUT2D eigenvalue weighted by Gasteiger charge is -2.24. The van der Waals surface area contributed by atoms with E-state index in [2.05, 4.69) is 102 Å². The Bertz CT molecular complexity index is 1450. The topological polar surface area (TPSA) is 26.0 Å². The van der Waals surface area contributed by atoms with E-state index in [1.54, 1.807) is 0 Å². The molecule has 1 aliphatic heterocycles. The summed E-state index contributed by atoms with van der Waals surface area (Å²) in [5.74, 6) is 0. The first-order chi connectivity index (χ1) is 15.1. The molecule has 0 aliphatic carbocycles. The van der Waals surface area contributed by atoms with Crippen LogP contribution < -0.4 is 0 Å². The molecule has 0 saturated heterocycles. The SMILES string of the molecule is Cc1ccc2c(n1)c1c(n2-c2ccccc2-c2ccc3ccn(C)c3c2)CCN(C)C1. The number of aromatic nitrogens is 3. The Morgan fingerprint density at radius 2 is 1.77 bits per heavy atom. The molecule has 2 aromatic carbocycles.